The minimum absolute atomic E-state index is 0.0226. The maximum Gasteiger partial charge on any atom is 0.407 e. The Morgan fingerprint density at radius 3 is 2.53 bits per heavy atom. The molecule has 1 amide bonds. The number of alkyl carbamates (subject to hydrolysis) is 1. The standard InChI is InChI=1S/C28H36F2N2O5S/c1-17(2)16-38(34,35)22-8-6-18-13-32(14-19(18)10-22)21-12-25(31-27(33)37-28(3,4)5)26(36-15-21)23-11-20(29)7-9-24(23)30/h6-11,17,21,25-26H,12-16H2,1-5H3,(H,31,33)/t21-,25+,26-/m1/s1. The number of ether oxygens (including phenoxy) is 2. The van der Waals surface area contributed by atoms with E-state index in [4.69, 9.17) is 9.47 Å². The molecule has 2 aromatic carbocycles. The third-order valence-electron chi connectivity index (χ3n) is 6.68. The molecule has 0 saturated carbocycles. The number of hydrogen-bond donors (Lipinski definition) is 1. The molecule has 0 radical (unpaired) electrons. The van der Waals surface area contributed by atoms with Gasteiger partial charge in [0.15, 0.2) is 9.84 Å². The van der Waals surface area contributed by atoms with Crippen LogP contribution in [-0.2, 0) is 32.4 Å². The quantitative estimate of drug-likeness (QED) is 0.537. The van der Waals surface area contributed by atoms with E-state index in [0.29, 0.717) is 24.4 Å². The molecular formula is C28H36F2N2O5S. The van der Waals surface area contributed by atoms with Crippen molar-refractivity contribution in [3.05, 3.63) is 64.7 Å². The van der Waals surface area contributed by atoms with Gasteiger partial charge in [0, 0.05) is 24.7 Å². The molecule has 0 bridgehead atoms. The maximum atomic E-state index is 14.7. The molecule has 0 aromatic heterocycles. The first-order chi connectivity index (χ1) is 17.7. The van der Waals surface area contributed by atoms with Crippen LogP contribution in [-0.4, -0.2) is 49.5 Å². The van der Waals surface area contributed by atoms with Crippen molar-refractivity contribution in [2.45, 2.75) is 82.8 Å². The number of carbonyl (C=O) groups excluding carboxylic acids is 1. The predicted molar refractivity (Wildman–Crippen MR) is 139 cm³/mol. The minimum atomic E-state index is -3.38. The summed E-state index contributed by atoms with van der Waals surface area (Å²) in [7, 11) is -3.38. The molecular weight excluding hydrogens is 514 g/mol. The van der Waals surface area contributed by atoms with Crippen LogP contribution >= 0.6 is 0 Å². The van der Waals surface area contributed by atoms with E-state index in [-0.39, 0.29) is 29.9 Å². The van der Waals surface area contributed by atoms with E-state index in [9.17, 15) is 22.0 Å². The van der Waals surface area contributed by atoms with Crippen LogP contribution in [0.5, 0.6) is 0 Å². The predicted octanol–water partition coefficient (Wildman–Crippen LogP) is 5.13. The fourth-order valence-corrected chi connectivity index (χ4v) is 6.75. The van der Waals surface area contributed by atoms with E-state index >= 15 is 0 Å². The topological polar surface area (TPSA) is 84.9 Å². The van der Waals surface area contributed by atoms with Gasteiger partial charge in [-0.15, -0.1) is 0 Å². The van der Waals surface area contributed by atoms with Gasteiger partial charge in [0.25, 0.3) is 0 Å². The highest BCUT2D eigenvalue weighted by Gasteiger charge is 2.39. The van der Waals surface area contributed by atoms with E-state index in [0.717, 1.165) is 29.3 Å². The van der Waals surface area contributed by atoms with E-state index < -0.39 is 45.3 Å². The number of benzene rings is 2. The van der Waals surface area contributed by atoms with Gasteiger partial charge in [0.05, 0.1) is 23.3 Å². The molecule has 2 aliphatic rings. The van der Waals surface area contributed by atoms with Gasteiger partial charge in [-0.05, 0) is 74.6 Å². The van der Waals surface area contributed by atoms with Crippen LogP contribution in [0.25, 0.3) is 0 Å². The number of fused-ring (bicyclic) bond motifs is 1. The molecule has 0 unspecified atom stereocenters. The van der Waals surface area contributed by atoms with Crippen molar-refractivity contribution < 1.29 is 31.5 Å². The fourth-order valence-electron chi connectivity index (χ4n) is 5.09. The van der Waals surface area contributed by atoms with E-state index in [1.807, 2.05) is 19.9 Å². The number of nitrogens with one attached hydrogen (secondary N) is 1. The maximum absolute atomic E-state index is 14.7. The molecule has 0 spiro atoms. The first-order valence-corrected chi connectivity index (χ1v) is 14.5. The smallest absolute Gasteiger partial charge is 0.407 e. The monoisotopic (exact) mass is 550 g/mol. The van der Waals surface area contributed by atoms with Gasteiger partial charge in [-0.25, -0.2) is 22.0 Å². The molecule has 7 nitrogen and oxygen atoms in total. The number of hydrogen-bond acceptors (Lipinski definition) is 6. The van der Waals surface area contributed by atoms with E-state index in [2.05, 4.69) is 10.2 Å². The van der Waals surface area contributed by atoms with Gasteiger partial charge >= 0.3 is 6.09 Å². The molecule has 1 N–H and O–H groups in total. The summed E-state index contributed by atoms with van der Waals surface area (Å²) in [5.41, 5.74) is 1.27. The molecule has 0 aliphatic carbocycles. The number of sulfone groups is 1. The summed E-state index contributed by atoms with van der Waals surface area (Å²) in [6, 6.07) is 7.62. The number of rotatable bonds is 6. The molecule has 2 aromatic rings. The zero-order valence-electron chi connectivity index (χ0n) is 22.5. The lowest BCUT2D eigenvalue weighted by Gasteiger charge is -2.40. The second-order valence-electron chi connectivity index (χ2n) is 11.6. The molecule has 10 heteroatoms. The van der Waals surface area contributed by atoms with Gasteiger partial charge in [-0.2, -0.15) is 0 Å². The summed E-state index contributed by atoms with van der Waals surface area (Å²) >= 11 is 0. The molecule has 3 atom stereocenters. The molecule has 4 rings (SSSR count). The van der Waals surface area contributed by atoms with Gasteiger partial charge in [-0.3, -0.25) is 4.90 Å². The second-order valence-corrected chi connectivity index (χ2v) is 13.6. The van der Waals surface area contributed by atoms with E-state index in [1.165, 1.54) is 0 Å². The highest BCUT2D eigenvalue weighted by molar-refractivity contribution is 7.91. The molecule has 1 fully saturated rings. The minimum Gasteiger partial charge on any atom is -0.444 e. The largest absolute Gasteiger partial charge is 0.444 e. The average Bonchev–Trinajstić information content (AvgIpc) is 3.22. The van der Waals surface area contributed by atoms with Crippen LogP contribution in [0.1, 0.15) is 63.8 Å². The van der Waals surface area contributed by atoms with Gasteiger partial charge in [0.2, 0.25) is 0 Å². The number of halogens is 2. The van der Waals surface area contributed by atoms with Crippen molar-refractivity contribution in [2.75, 3.05) is 12.4 Å². The highest BCUT2D eigenvalue weighted by atomic mass is 32.2. The Balaban J connectivity index is 1.53. The fraction of sp³-hybridized carbons (Fsp3) is 0.536. The third kappa shape index (κ3) is 6.71. The van der Waals surface area contributed by atoms with Crippen molar-refractivity contribution in [3.63, 3.8) is 0 Å². The summed E-state index contributed by atoms with van der Waals surface area (Å²) in [5.74, 6) is -1.10. The Labute approximate surface area is 223 Å². The molecule has 2 heterocycles. The van der Waals surface area contributed by atoms with Crippen molar-refractivity contribution >= 4 is 15.9 Å². The first kappa shape index (κ1) is 28.4. The summed E-state index contributed by atoms with van der Waals surface area (Å²) in [5, 5.41) is 2.81. The van der Waals surface area contributed by atoms with Gasteiger partial charge < -0.3 is 14.8 Å². The second kappa shape index (κ2) is 10.9. The van der Waals surface area contributed by atoms with Crippen LogP contribution in [0, 0.1) is 17.6 Å². The molecule has 1 saturated heterocycles. The Morgan fingerprint density at radius 1 is 1.13 bits per heavy atom. The van der Waals surface area contributed by atoms with Crippen molar-refractivity contribution in [1.29, 1.82) is 0 Å². The van der Waals surface area contributed by atoms with Crippen molar-refractivity contribution in [1.82, 2.24) is 10.2 Å². The first-order valence-electron chi connectivity index (χ1n) is 12.9. The van der Waals surface area contributed by atoms with Gasteiger partial charge in [-0.1, -0.05) is 19.9 Å². The van der Waals surface area contributed by atoms with Crippen LogP contribution < -0.4 is 5.32 Å². The summed E-state index contributed by atoms with van der Waals surface area (Å²) in [4.78, 5) is 15.1. The third-order valence-corrected chi connectivity index (χ3v) is 8.76. The summed E-state index contributed by atoms with van der Waals surface area (Å²) in [6.07, 6.45) is -1.16. The molecule has 2 aliphatic heterocycles. The highest BCUT2D eigenvalue weighted by Crippen LogP contribution is 2.36. The Kier molecular flexibility index (Phi) is 8.16. The lowest BCUT2D eigenvalue weighted by atomic mass is 9.92. The van der Waals surface area contributed by atoms with Crippen molar-refractivity contribution in [3.8, 4) is 0 Å². The van der Waals surface area contributed by atoms with Crippen molar-refractivity contribution in [2.24, 2.45) is 5.92 Å². The van der Waals surface area contributed by atoms with Gasteiger partial charge in [0.1, 0.15) is 23.3 Å². The van der Waals surface area contributed by atoms with Crippen LogP contribution in [0.15, 0.2) is 41.3 Å². The Morgan fingerprint density at radius 2 is 1.84 bits per heavy atom. The lowest BCUT2D eigenvalue weighted by molar-refractivity contribution is -0.0627. The normalized spacial score (nSPS) is 22.4. The average molecular weight is 551 g/mol. The number of carbonyl (C=O) groups is 1. The summed E-state index contributed by atoms with van der Waals surface area (Å²) < 4.78 is 65.7. The Bertz CT molecular complexity index is 1290. The van der Waals surface area contributed by atoms with Crippen LogP contribution in [0.3, 0.4) is 0 Å². The van der Waals surface area contributed by atoms with E-state index in [1.54, 1.807) is 32.9 Å². The SMILES string of the molecule is CC(C)CS(=O)(=O)c1ccc2c(c1)CN([C@H]1CO[C@H](c3cc(F)ccc3F)[C@@H](NC(=O)OC(C)(C)C)C1)C2. The number of amides is 1. The lowest BCUT2D eigenvalue weighted by Crippen LogP contribution is -2.52. The van der Waals surface area contributed by atoms with Crippen LogP contribution in [0.4, 0.5) is 13.6 Å². The number of nitrogens with zero attached hydrogens (tertiary/aromatic N) is 1. The molecule has 38 heavy (non-hydrogen) atoms. The molecule has 208 valence electrons. The van der Waals surface area contributed by atoms with Crippen LogP contribution in [0.2, 0.25) is 0 Å². The summed E-state index contributed by atoms with van der Waals surface area (Å²) in [6.45, 7) is 10.3. The zero-order valence-corrected chi connectivity index (χ0v) is 23.3. The Hall–Kier alpha value is -2.56. The zero-order chi connectivity index (χ0) is 27.8.